The quantitative estimate of drug-likeness (QED) is 0.409. The first-order valence-electron chi connectivity index (χ1n) is 4.99. The molecule has 0 spiro atoms. The van der Waals surface area contributed by atoms with Crippen LogP contribution in [0.3, 0.4) is 0 Å². The summed E-state index contributed by atoms with van der Waals surface area (Å²) in [5.41, 5.74) is 5.27. The summed E-state index contributed by atoms with van der Waals surface area (Å²) in [7, 11) is 0. The normalized spacial score (nSPS) is 23.6. The molecule has 1 heterocycles. The van der Waals surface area contributed by atoms with Crippen molar-refractivity contribution in [3.63, 3.8) is 0 Å². The summed E-state index contributed by atoms with van der Waals surface area (Å²) in [6.45, 7) is 3.23. The minimum absolute atomic E-state index is 0.121. The Morgan fingerprint density at radius 1 is 1.64 bits per heavy atom. The first-order valence-corrected chi connectivity index (χ1v) is 4.99. The van der Waals surface area contributed by atoms with Gasteiger partial charge in [-0.1, -0.05) is 0 Å². The molecule has 1 unspecified atom stereocenters. The van der Waals surface area contributed by atoms with Gasteiger partial charge in [0.25, 0.3) is 0 Å². The highest BCUT2D eigenvalue weighted by atomic mass is 16.5. The van der Waals surface area contributed by atoms with Crippen molar-refractivity contribution in [1.29, 1.82) is 5.41 Å². The van der Waals surface area contributed by atoms with Gasteiger partial charge < -0.3 is 15.6 Å². The molecule has 5 nitrogen and oxygen atoms in total. The van der Waals surface area contributed by atoms with Crippen LogP contribution in [0.25, 0.3) is 0 Å². The fraction of sp³-hybridized carbons (Fsp3) is 0.889. The molecular formula is C9H19N3O2. The topological polar surface area (TPSA) is 82.6 Å². The largest absolute Gasteiger partial charge is 0.395 e. The standard InChI is InChI=1S/C9H19N3O2/c10-9(11)2-1-3-12-4-5-14-7-8(12)6-13/h8,13H,1-7H2,(H3,10,11). The van der Waals surface area contributed by atoms with Crippen LogP contribution in [0.1, 0.15) is 12.8 Å². The zero-order chi connectivity index (χ0) is 10.4. The van der Waals surface area contributed by atoms with E-state index in [1.165, 1.54) is 0 Å². The van der Waals surface area contributed by atoms with Crippen molar-refractivity contribution in [3.8, 4) is 0 Å². The van der Waals surface area contributed by atoms with E-state index < -0.39 is 0 Å². The SMILES string of the molecule is N=C(N)CCCN1CCOCC1CO. The smallest absolute Gasteiger partial charge is 0.0905 e. The molecule has 0 aromatic heterocycles. The zero-order valence-corrected chi connectivity index (χ0v) is 8.41. The monoisotopic (exact) mass is 201 g/mol. The zero-order valence-electron chi connectivity index (χ0n) is 8.41. The average molecular weight is 201 g/mol. The Morgan fingerprint density at radius 3 is 3.07 bits per heavy atom. The van der Waals surface area contributed by atoms with Crippen molar-refractivity contribution in [2.24, 2.45) is 5.73 Å². The van der Waals surface area contributed by atoms with Gasteiger partial charge in [-0.05, 0) is 13.0 Å². The first kappa shape index (κ1) is 11.4. The molecular weight excluding hydrogens is 182 g/mol. The van der Waals surface area contributed by atoms with E-state index in [-0.39, 0.29) is 18.5 Å². The minimum Gasteiger partial charge on any atom is -0.395 e. The predicted octanol–water partition coefficient (Wildman–Crippen LogP) is -0.604. The molecule has 1 aliphatic rings. The van der Waals surface area contributed by atoms with E-state index >= 15 is 0 Å². The second-order valence-electron chi connectivity index (χ2n) is 3.58. The number of aliphatic hydroxyl groups is 1. The second-order valence-corrected chi connectivity index (χ2v) is 3.58. The second kappa shape index (κ2) is 5.95. The third kappa shape index (κ3) is 3.61. The molecule has 4 N–H and O–H groups in total. The van der Waals surface area contributed by atoms with Gasteiger partial charge in [0.1, 0.15) is 0 Å². The molecule has 1 aliphatic heterocycles. The molecule has 5 heteroatoms. The molecule has 0 aromatic rings. The highest BCUT2D eigenvalue weighted by molar-refractivity contribution is 5.76. The van der Waals surface area contributed by atoms with Gasteiger partial charge in [0.2, 0.25) is 0 Å². The van der Waals surface area contributed by atoms with Gasteiger partial charge in [0, 0.05) is 13.0 Å². The molecule has 1 atom stereocenters. The Kier molecular flexibility index (Phi) is 4.86. The van der Waals surface area contributed by atoms with Crippen LogP contribution in [0.5, 0.6) is 0 Å². The van der Waals surface area contributed by atoms with E-state index in [0.29, 0.717) is 13.0 Å². The summed E-state index contributed by atoms with van der Waals surface area (Å²) in [4.78, 5) is 2.20. The van der Waals surface area contributed by atoms with Crippen LogP contribution < -0.4 is 5.73 Å². The lowest BCUT2D eigenvalue weighted by atomic mass is 10.2. The third-order valence-electron chi connectivity index (χ3n) is 2.45. The van der Waals surface area contributed by atoms with Crippen molar-refractivity contribution in [2.45, 2.75) is 18.9 Å². The summed E-state index contributed by atoms with van der Waals surface area (Å²) in [5, 5.41) is 16.2. The molecule has 0 amide bonds. The number of nitrogens with two attached hydrogens (primary N) is 1. The molecule has 0 bridgehead atoms. The number of nitrogens with zero attached hydrogens (tertiary/aromatic N) is 1. The van der Waals surface area contributed by atoms with Crippen LogP contribution in [-0.2, 0) is 4.74 Å². The van der Waals surface area contributed by atoms with E-state index in [2.05, 4.69) is 4.90 Å². The van der Waals surface area contributed by atoms with Crippen molar-refractivity contribution >= 4 is 5.84 Å². The van der Waals surface area contributed by atoms with Crippen LogP contribution in [0, 0.1) is 5.41 Å². The fourth-order valence-electron chi connectivity index (χ4n) is 1.62. The van der Waals surface area contributed by atoms with E-state index in [1.54, 1.807) is 0 Å². The molecule has 0 aliphatic carbocycles. The molecule has 0 radical (unpaired) electrons. The van der Waals surface area contributed by atoms with Crippen LogP contribution in [0.15, 0.2) is 0 Å². The van der Waals surface area contributed by atoms with Crippen LogP contribution >= 0.6 is 0 Å². The Morgan fingerprint density at radius 2 is 2.43 bits per heavy atom. The van der Waals surface area contributed by atoms with Crippen molar-refractivity contribution in [2.75, 3.05) is 32.9 Å². The number of aliphatic hydroxyl groups excluding tert-OH is 1. The summed E-state index contributed by atoms with van der Waals surface area (Å²) in [5.74, 6) is 0.235. The highest BCUT2D eigenvalue weighted by Gasteiger charge is 2.21. The Labute approximate surface area is 84.3 Å². The molecule has 82 valence electrons. The number of ether oxygens (including phenoxy) is 1. The lowest BCUT2D eigenvalue weighted by molar-refractivity contribution is -0.0274. The average Bonchev–Trinajstić information content (AvgIpc) is 2.18. The number of hydrogen-bond donors (Lipinski definition) is 3. The maximum atomic E-state index is 9.08. The summed E-state index contributed by atoms with van der Waals surface area (Å²) in [6, 6.07) is 0.121. The molecule has 0 aromatic carbocycles. The van der Waals surface area contributed by atoms with Crippen molar-refractivity contribution < 1.29 is 9.84 Å². The van der Waals surface area contributed by atoms with Gasteiger partial charge in [0.15, 0.2) is 0 Å². The van der Waals surface area contributed by atoms with E-state index in [4.69, 9.17) is 21.0 Å². The van der Waals surface area contributed by atoms with Gasteiger partial charge >= 0.3 is 0 Å². The minimum atomic E-state index is 0.121. The van der Waals surface area contributed by atoms with Crippen molar-refractivity contribution in [3.05, 3.63) is 0 Å². The van der Waals surface area contributed by atoms with E-state index in [9.17, 15) is 0 Å². The lowest BCUT2D eigenvalue weighted by Crippen LogP contribution is -2.47. The highest BCUT2D eigenvalue weighted by Crippen LogP contribution is 2.07. The van der Waals surface area contributed by atoms with Crippen LogP contribution in [-0.4, -0.2) is 54.8 Å². The summed E-state index contributed by atoms with van der Waals surface area (Å²) < 4.78 is 5.26. The van der Waals surface area contributed by atoms with Gasteiger partial charge in [0.05, 0.1) is 31.7 Å². The molecule has 14 heavy (non-hydrogen) atoms. The molecule has 1 saturated heterocycles. The van der Waals surface area contributed by atoms with E-state index in [0.717, 1.165) is 26.1 Å². The predicted molar refractivity (Wildman–Crippen MR) is 54.4 cm³/mol. The van der Waals surface area contributed by atoms with Gasteiger partial charge in [-0.2, -0.15) is 0 Å². The number of rotatable bonds is 5. The number of nitrogens with one attached hydrogen (secondary N) is 1. The Balaban J connectivity index is 2.22. The third-order valence-corrected chi connectivity index (χ3v) is 2.45. The van der Waals surface area contributed by atoms with Gasteiger partial charge in [-0.3, -0.25) is 10.3 Å². The molecule has 1 fully saturated rings. The van der Waals surface area contributed by atoms with Gasteiger partial charge in [-0.15, -0.1) is 0 Å². The van der Waals surface area contributed by atoms with Crippen molar-refractivity contribution in [1.82, 2.24) is 4.90 Å². The van der Waals surface area contributed by atoms with E-state index in [1.807, 2.05) is 0 Å². The Bertz CT molecular complexity index is 187. The number of morpholine rings is 1. The molecule has 0 saturated carbocycles. The van der Waals surface area contributed by atoms with Crippen LogP contribution in [0.2, 0.25) is 0 Å². The number of hydrogen-bond acceptors (Lipinski definition) is 4. The lowest BCUT2D eigenvalue weighted by Gasteiger charge is -2.34. The van der Waals surface area contributed by atoms with Crippen LogP contribution in [0.4, 0.5) is 0 Å². The maximum absolute atomic E-state index is 9.08. The first-order chi connectivity index (χ1) is 6.74. The fourth-order valence-corrected chi connectivity index (χ4v) is 1.62. The number of amidine groups is 1. The summed E-state index contributed by atoms with van der Waals surface area (Å²) in [6.07, 6.45) is 1.52. The Hall–Kier alpha value is -0.650. The summed E-state index contributed by atoms with van der Waals surface area (Å²) >= 11 is 0. The van der Waals surface area contributed by atoms with Gasteiger partial charge in [-0.25, -0.2) is 0 Å². The molecule has 1 rings (SSSR count). The maximum Gasteiger partial charge on any atom is 0.0905 e.